The van der Waals surface area contributed by atoms with Crippen LogP contribution in [0.4, 0.5) is 16.2 Å². The van der Waals surface area contributed by atoms with Gasteiger partial charge >= 0.3 is 6.03 Å². The number of aliphatic imine (C=N–C) groups is 1. The second-order valence-electron chi connectivity index (χ2n) is 9.40. The third kappa shape index (κ3) is 5.29. The van der Waals surface area contributed by atoms with Gasteiger partial charge in [-0.05, 0) is 30.7 Å². The van der Waals surface area contributed by atoms with E-state index in [0.717, 1.165) is 5.56 Å². The number of benzodiazepines with no additional fused rings is 1. The molecule has 0 unspecified atom stereocenters. The topological polar surface area (TPSA) is 120 Å². The summed E-state index contributed by atoms with van der Waals surface area (Å²) in [5.41, 5.74) is 2.47. The van der Waals surface area contributed by atoms with E-state index in [1.165, 1.54) is 4.90 Å². The van der Waals surface area contributed by atoms with Gasteiger partial charge in [-0.15, -0.1) is 0 Å². The van der Waals surface area contributed by atoms with Gasteiger partial charge in [0.2, 0.25) is 6.17 Å². The summed E-state index contributed by atoms with van der Waals surface area (Å²) in [4.78, 5) is 52.9. The number of hydrogen-bond donors (Lipinski definition) is 3. The number of nitrogens with one attached hydrogen (secondary N) is 3. The lowest BCUT2D eigenvalue weighted by Crippen LogP contribution is -2.50. The van der Waals surface area contributed by atoms with Crippen LogP contribution in [-0.4, -0.2) is 46.1 Å². The number of carbonyl (C=O) groups excluding carboxylic acids is 3. The first-order chi connectivity index (χ1) is 16.6. The second-order valence-corrected chi connectivity index (χ2v) is 9.40. The van der Waals surface area contributed by atoms with Gasteiger partial charge in [0, 0.05) is 29.1 Å². The van der Waals surface area contributed by atoms with Crippen LogP contribution >= 0.6 is 0 Å². The molecule has 35 heavy (non-hydrogen) atoms. The normalized spacial score (nSPS) is 15.7. The van der Waals surface area contributed by atoms with Crippen LogP contribution in [-0.2, 0) is 9.59 Å². The Morgan fingerprint density at radius 3 is 2.57 bits per heavy atom. The first kappa shape index (κ1) is 23.9. The summed E-state index contributed by atoms with van der Waals surface area (Å²) >= 11 is 0. The lowest BCUT2D eigenvalue weighted by molar-refractivity contribution is -0.127. The lowest BCUT2D eigenvalue weighted by atomic mass is 9.90. The lowest BCUT2D eigenvalue weighted by Gasteiger charge is -2.28. The number of imidazole rings is 1. The molecule has 3 aromatic rings. The summed E-state index contributed by atoms with van der Waals surface area (Å²) in [6.45, 7) is 7.18. The van der Waals surface area contributed by atoms with Crippen LogP contribution in [0.3, 0.4) is 0 Å². The number of aromatic amines is 1. The number of nitrogens with zero attached hydrogens (tertiary/aromatic N) is 3. The van der Waals surface area contributed by atoms with Crippen LogP contribution in [0, 0.1) is 12.3 Å². The molecule has 0 saturated carbocycles. The minimum Gasteiger partial charge on any atom is -0.343 e. The molecule has 1 aliphatic heterocycles. The average molecular weight is 473 g/mol. The molecule has 0 saturated heterocycles. The van der Waals surface area contributed by atoms with E-state index in [0.29, 0.717) is 28.5 Å². The molecule has 0 fully saturated rings. The number of carbonyl (C=O) groups is 3. The second kappa shape index (κ2) is 9.54. The highest BCUT2D eigenvalue weighted by molar-refractivity contribution is 6.19. The van der Waals surface area contributed by atoms with Crippen LogP contribution in [0.2, 0.25) is 0 Å². The van der Waals surface area contributed by atoms with Gasteiger partial charge in [-0.25, -0.2) is 14.8 Å². The number of hydrogen-bond acceptors (Lipinski definition) is 5. The molecular weight excluding hydrogens is 444 g/mol. The van der Waals surface area contributed by atoms with Gasteiger partial charge in [0.25, 0.3) is 5.91 Å². The number of para-hydroxylation sites is 1. The molecule has 4 rings (SSSR count). The summed E-state index contributed by atoms with van der Waals surface area (Å²) in [5.74, 6) is -0.193. The number of urea groups is 1. The maximum atomic E-state index is 13.7. The number of H-pyrrole nitrogens is 1. The Hall–Kier alpha value is -4.27. The van der Waals surface area contributed by atoms with E-state index in [4.69, 9.17) is 0 Å². The number of ketones is 1. The molecule has 1 aromatic heterocycles. The van der Waals surface area contributed by atoms with Crippen molar-refractivity contribution >= 4 is 34.8 Å². The van der Waals surface area contributed by atoms with Crippen molar-refractivity contribution in [2.75, 3.05) is 16.8 Å². The van der Waals surface area contributed by atoms with E-state index in [9.17, 15) is 14.4 Å². The van der Waals surface area contributed by atoms with Crippen molar-refractivity contribution in [3.8, 4) is 0 Å². The Balaban J connectivity index is 1.73. The number of anilines is 2. The zero-order chi connectivity index (χ0) is 25.2. The van der Waals surface area contributed by atoms with E-state index in [1.807, 2.05) is 37.3 Å². The SMILES string of the molecule is Cc1cccc(NC(=O)N[C@@H]2N=C(c3ncc[nH]3)c3ccccc3N(CC(=O)C(C)(C)C)C2=O)c1. The average Bonchev–Trinajstić information content (AvgIpc) is 3.30. The number of aryl methyl sites for hydroxylation is 1. The largest absolute Gasteiger partial charge is 0.343 e. The highest BCUT2D eigenvalue weighted by Crippen LogP contribution is 2.28. The zero-order valence-electron chi connectivity index (χ0n) is 20.1. The summed E-state index contributed by atoms with van der Waals surface area (Å²) in [5, 5.41) is 5.40. The molecule has 9 heteroatoms. The number of amides is 3. The molecule has 1 aliphatic rings. The van der Waals surface area contributed by atoms with Crippen LogP contribution in [0.25, 0.3) is 0 Å². The van der Waals surface area contributed by atoms with Crippen molar-refractivity contribution < 1.29 is 14.4 Å². The smallest absolute Gasteiger partial charge is 0.321 e. The van der Waals surface area contributed by atoms with Crippen molar-refractivity contribution in [3.63, 3.8) is 0 Å². The zero-order valence-corrected chi connectivity index (χ0v) is 20.1. The van der Waals surface area contributed by atoms with Gasteiger partial charge in [-0.3, -0.25) is 9.59 Å². The molecule has 3 N–H and O–H groups in total. The van der Waals surface area contributed by atoms with Gasteiger partial charge < -0.3 is 20.5 Å². The van der Waals surface area contributed by atoms with E-state index in [1.54, 1.807) is 51.4 Å². The van der Waals surface area contributed by atoms with Crippen molar-refractivity contribution in [2.45, 2.75) is 33.9 Å². The number of rotatable bonds is 5. The number of Topliss-reactive ketones (excluding diaryl/α,β-unsaturated/α-hetero) is 1. The van der Waals surface area contributed by atoms with Crippen LogP contribution in [0.5, 0.6) is 0 Å². The van der Waals surface area contributed by atoms with Crippen LogP contribution < -0.4 is 15.5 Å². The molecule has 180 valence electrons. The third-order valence-electron chi connectivity index (χ3n) is 5.61. The van der Waals surface area contributed by atoms with E-state index in [-0.39, 0.29) is 12.3 Å². The van der Waals surface area contributed by atoms with Crippen molar-refractivity contribution in [1.29, 1.82) is 0 Å². The first-order valence-electron chi connectivity index (χ1n) is 11.3. The van der Waals surface area contributed by atoms with Gasteiger partial charge in [-0.1, -0.05) is 51.1 Å². The van der Waals surface area contributed by atoms with E-state index >= 15 is 0 Å². The standard InChI is InChI=1S/C26H28N6O3/c1-16-8-7-9-17(14-16)29-25(35)31-23-24(34)32(15-20(33)26(2,3)4)19-11-6-5-10-18(19)21(30-23)22-27-12-13-28-22/h5-14,23H,15H2,1-4H3,(H,27,28)(H2,29,31,35)/t23-/m0/s1. The fourth-order valence-corrected chi connectivity index (χ4v) is 3.66. The Morgan fingerprint density at radius 1 is 1.11 bits per heavy atom. The van der Waals surface area contributed by atoms with E-state index in [2.05, 4.69) is 25.6 Å². The molecule has 2 aromatic carbocycles. The van der Waals surface area contributed by atoms with Crippen molar-refractivity contribution in [3.05, 3.63) is 77.9 Å². The van der Waals surface area contributed by atoms with Gasteiger partial charge in [0.05, 0.1) is 12.2 Å². The summed E-state index contributed by atoms with van der Waals surface area (Å²) < 4.78 is 0. The van der Waals surface area contributed by atoms with E-state index < -0.39 is 23.5 Å². The molecule has 0 bridgehead atoms. The van der Waals surface area contributed by atoms with Crippen LogP contribution in [0.1, 0.15) is 37.7 Å². The highest BCUT2D eigenvalue weighted by atomic mass is 16.2. The minimum atomic E-state index is -1.28. The predicted octanol–water partition coefficient (Wildman–Crippen LogP) is 3.67. The third-order valence-corrected chi connectivity index (χ3v) is 5.61. The Kier molecular flexibility index (Phi) is 6.50. The Labute approximate surface area is 203 Å². The summed E-state index contributed by atoms with van der Waals surface area (Å²) in [7, 11) is 0. The number of benzene rings is 2. The van der Waals surface area contributed by atoms with Crippen molar-refractivity contribution in [2.24, 2.45) is 10.4 Å². The molecule has 1 atom stereocenters. The molecule has 9 nitrogen and oxygen atoms in total. The molecule has 2 heterocycles. The molecular formula is C26H28N6O3. The van der Waals surface area contributed by atoms with Gasteiger partial charge in [0.15, 0.2) is 11.6 Å². The quantitative estimate of drug-likeness (QED) is 0.525. The Morgan fingerprint density at radius 2 is 1.89 bits per heavy atom. The highest BCUT2D eigenvalue weighted by Gasteiger charge is 2.36. The number of aromatic nitrogens is 2. The summed E-state index contributed by atoms with van der Waals surface area (Å²) in [6, 6.07) is 13.9. The van der Waals surface area contributed by atoms with Crippen LogP contribution in [0.15, 0.2) is 65.9 Å². The maximum Gasteiger partial charge on any atom is 0.321 e. The molecule has 0 aliphatic carbocycles. The fraction of sp³-hybridized carbons (Fsp3) is 0.269. The molecule has 3 amide bonds. The summed E-state index contributed by atoms with van der Waals surface area (Å²) in [6.07, 6.45) is 1.96. The molecule has 0 spiro atoms. The minimum absolute atomic E-state index is 0.120. The first-order valence-corrected chi connectivity index (χ1v) is 11.3. The van der Waals surface area contributed by atoms with Crippen molar-refractivity contribution in [1.82, 2.24) is 15.3 Å². The monoisotopic (exact) mass is 472 g/mol. The Bertz CT molecular complexity index is 1290. The predicted molar refractivity (Wildman–Crippen MR) is 135 cm³/mol. The maximum absolute atomic E-state index is 13.7. The van der Waals surface area contributed by atoms with Gasteiger partial charge in [0.1, 0.15) is 5.71 Å². The number of fused-ring (bicyclic) bond motifs is 1. The fourth-order valence-electron chi connectivity index (χ4n) is 3.66. The van der Waals surface area contributed by atoms with Gasteiger partial charge in [-0.2, -0.15) is 0 Å². The molecule has 0 radical (unpaired) electrons.